The van der Waals surface area contributed by atoms with Crippen molar-refractivity contribution in [1.82, 2.24) is 10.3 Å². The van der Waals surface area contributed by atoms with E-state index in [1.165, 1.54) is 18.5 Å². The van der Waals surface area contributed by atoms with Crippen LogP contribution >= 0.6 is 0 Å². The Balaban J connectivity index is 2.90. The summed E-state index contributed by atoms with van der Waals surface area (Å²) in [6.07, 6.45) is 2.86. The lowest BCUT2D eigenvalue weighted by Gasteiger charge is -2.00. The van der Waals surface area contributed by atoms with Crippen LogP contribution < -0.4 is 5.32 Å². The summed E-state index contributed by atoms with van der Waals surface area (Å²) in [6, 6.07) is 3.43. The van der Waals surface area contributed by atoms with E-state index in [-0.39, 0.29) is 5.91 Å². The Bertz CT molecular complexity index is 354. The molecule has 4 nitrogen and oxygen atoms in total. The lowest BCUT2D eigenvalue weighted by atomic mass is 10.2. The topological polar surface area (TPSA) is 65.8 Å². The van der Waals surface area contributed by atoms with E-state index in [1.54, 1.807) is 0 Å². The van der Waals surface area contributed by atoms with Gasteiger partial charge < -0.3 is 5.32 Å². The summed E-state index contributed by atoms with van der Waals surface area (Å²) in [4.78, 5) is 15.0. The van der Waals surface area contributed by atoms with Crippen molar-refractivity contribution in [1.29, 1.82) is 5.26 Å². The van der Waals surface area contributed by atoms with Crippen molar-refractivity contribution in [2.45, 2.75) is 6.92 Å². The average molecular weight is 175 g/mol. The molecule has 0 aliphatic rings. The second-order valence-electron chi connectivity index (χ2n) is 2.43. The van der Waals surface area contributed by atoms with Gasteiger partial charge in [0.2, 0.25) is 0 Å². The summed E-state index contributed by atoms with van der Waals surface area (Å²) in [5.74, 6) is -0.202. The highest BCUT2D eigenvalue weighted by molar-refractivity contribution is 5.94. The smallest absolute Gasteiger partial charge is 0.252 e. The number of pyridine rings is 1. The van der Waals surface area contributed by atoms with Gasteiger partial charge in [0.1, 0.15) is 6.07 Å². The van der Waals surface area contributed by atoms with E-state index >= 15 is 0 Å². The molecule has 1 aromatic rings. The zero-order valence-corrected chi connectivity index (χ0v) is 7.24. The van der Waals surface area contributed by atoms with E-state index in [0.717, 1.165) is 0 Å². The number of aromatic nitrogens is 1. The highest BCUT2D eigenvalue weighted by Gasteiger charge is 2.04. The third kappa shape index (κ3) is 2.27. The Hall–Kier alpha value is -1.89. The number of carbonyl (C=O) groups excluding carboxylic acids is 1. The third-order valence-electron chi connectivity index (χ3n) is 1.47. The molecule has 0 spiro atoms. The van der Waals surface area contributed by atoms with Crippen LogP contribution in [-0.2, 0) is 0 Å². The maximum Gasteiger partial charge on any atom is 0.252 e. The van der Waals surface area contributed by atoms with Crippen LogP contribution in [0.3, 0.4) is 0 Å². The average Bonchev–Trinajstić information content (AvgIpc) is 2.18. The number of carbonyl (C=O) groups is 1. The van der Waals surface area contributed by atoms with Crippen molar-refractivity contribution >= 4 is 5.91 Å². The molecule has 0 bridgehead atoms. The molecule has 1 rings (SSSR count). The molecule has 4 heteroatoms. The molecule has 13 heavy (non-hydrogen) atoms. The molecule has 0 aliphatic heterocycles. The second-order valence-corrected chi connectivity index (χ2v) is 2.43. The minimum Gasteiger partial charge on any atom is -0.352 e. The fraction of sp³-hybridized carbons (Fsp3) is 0.222. The molecule has 0 aromatic carbocycles. The van der Waals surface area contributed by atoms with Gasteiger partial charge in [-0.05, 0) is 13.0 Å². The van der Waals surface area contributed by atoms with Gasteiger partial charge >= 0.3 is 0 Å². The predicted molar refractivity (Wildman–Crippen MR) is 47.0 cm³/mol. The summed E-state index contributed by atoms with van der Waals surface area (Å²) in [7, 11) is 0. The van der Waals surface area contributed by atoms with E-state index in [0.29, 0.717) is 17.7 Å². The molecule has 0 saturated carbocycles. The normalized spacial score (nSPS) is 8.92. The standard InChI is InChI=1S/C9H9N3O/c1-2-12-9(13)8-3-7(4-10)5-11-6-8/h3,5-6H,2H2,1H3,(H,12,13). The van der Waals surface area contributed by atoms with Crippen molar-refractivity contribution in [2.24, 2.45) is 0 Å². The van der Waals surface area contributed by atoms with Crippen LogP contribution in [0.5, 0.6) is 0 Å². The Morgan fingerprint density at radius 3 is 3.08 bits per heavy atom. The third-order valence-corrected chi connectivity index (χ3v) is 1.47. The molecule has 0 aliphatic carbocycles. The highest BCUT2D eigenvalue weighted by atomic mass is 16.1. The number of hydrogen-bond acceptors (Lipinski definition) is 3. The van der Waals surface area contributed by atoms with Crippen molar-refractivity contribution < 1.29 is 4.79 Å². The van der Waals surface area contributed by atoms with E-state index in [2.05, 4.69) is 10.3 Å². The van der Waals surface area contributed by atoms with Gasteiger partial charge in [-0.25, -0.2) is 0 Å². The first-order valence-corrected chi connectivity index (χ1v) is 3.91. The summed E-state index contributed by atoms with van der Waals surface area (Å²) in [6.45, 7) is 2.40. The number of amides is 1. The highest BCUT2D eigenvalue weighted by Crippen LogP contribution is 2.00. The van der Waals surface area contributed by atoms with E-state index < -0.39 is 0 Å². The van der Waals surface area contributed by atoms with Crippen molar-refractivity contribution in [2.75, 3.05) is 6.54 Å². The molecule has 0 fully saturated rings. The van der Waals surface area contributed by atoms with Crippen LogP contribution in [0.4, 0.5) is 0 Å². The SMILES string of the molecule is CCNC(=O)c1cncc(C#N)c1. The Labute approximate surface area is 76.2 Å². The molecule has 1 heterocycles. The minimum absolute atomic E-state index is 0.202. The van der Waals surface area contributed by atoms with Gasteiger partial charge in [0.15, 0.2) is 0 Å². The summed E-state index contributed by atoms with van der Waals surface area (Å²) in [5, 5.41) is 11.2. The Kier molecular flexibility index (Phi) is 2.98. The summed E-state index contributed by atoms with van der Waals surface area (Å²) < 4.78 is 0. The zero-order valence-electron chi connectivity index (χ0n) is 7.24. The predicted octanol–water partition coefficient (Wildman–Crippen LogP) is 0.703. The van der Waals surface area contributed by atoms with Crippen LogP contribution in [0.1, 0.15) is 22.8 Å². The molecule has 1 aromatic heterocycles. The van der Waals surface area contributed by atoms with Gasteiger partial charge in [0.05, 0.1) is 11.1 Å². The van der Waals surface area contributed by atoms with Gasteiger partial charge in [0.25, 0.3) is 5.91 Å². The Morgan fingerprint density at radius 1 is 1.69 bits per heavy atom. The molecule has 1 N–H and O–H groups in total. The first-order chi connectivity index (χ1) is 6.27. The van der Waals surface area contributed by atoms with Crippen LogP contribution in [0, 0.1) is 11.3 Å². The minimum atomic E-state index is -0.202. The van der Waals surface area contributed by atoms with Crippen molar-refractivity contribution in [3.8, 4) is 6.07 Å². The van der Waals surface area contributed by atoms with Gasteiger partial charge in [-0.3, -0.25) is 9.78 Å². The van der Waals surface area contributed by atoms with E-state index in [1.807, 2.05) is 13.0 Å². The molecular weight excluding hydrogens is 166 g/mol. The van der Waals surface area contributed by atoms with E-state index in [9.17, 15) is 4.79 Å². The molecule has 0 saturated heterocycles. The van der Waals surface area contributed by atoms with E-state index in [4.69, 9.17) is 5.26 Å². The van der Waals surface area contributed by atoms with Gasteiger partial charge in [-0.2, -0.15) is 5.26 Å². The number of rotatable bonds is 2. The lowest BCUT2D eigenvalue weighted by Crippen LogP contribution is -2.22. The molecule has 66 valence electrons. The fourth-order valence-electron chi connectivity index (χ4n) is 0.888. The van der Waals surface area contributed by atoms with Crippen molar-refractivity contribution in [3.05, 3.63) is 29.6 Å². The van der Waals surface area contributed by atoms with Crippen LogP contribution in [0.2, 0.25) is 0 Å². The zero-order chi connectivity index (χ0) is 9.68. The number of hydrogen-bond donors (Lipinski definition) is 1. The van der Waals surface area contributed by atoms with Crippen LogP contribution in [-0.4, -0.2) is 17.4 Å². The molecule has 0 radical (unpaired) electrons. The first kappa shape index (κ1) is 9.20. The van der Waals surface area contributed by atoms with Gasteiger partial charge in [0, 0.05) is 18.9 Å². The largest absolute Gasteiger partial charge is 0.352 e. The number of nitrogens with one attached hydrogen (secondary N) is 1. The second kappa shape index (κ2) is 4.21. The summed E-state index contributed by atoms with van der Waals surface area (Å²) >= 11 is 0. The monoisotopic (exact) mass is 175 g/mol. The van der Waals surface area contributed by atoms with Crippen LogP contribution in [0.15, 0.2) is 18.5 Å². The first-order valence-electron chi connectivity index (χ1n) is 3.91. The number of nitrogens with zero attached hydrogens (tertiary/aromatic N) is 2. The molecule has 0 unspecified atom stereocenters. The molecule has 1 amide bonds. The summed E-state index contributed by atoms with van der Waals surface area (Å²) in [5.41, 5.74) is 0.810. The fourth-order valence-corrected chi connectivity index (χ4v) is 0.888. The molecular formula is C9H9N3O. The number of nitriles is 1. The quantitative estimate of drug-likeness (QED) is 0.719. The Morgan fingerprint density at radius 2 is 2.46 bits per heavy atom. The van der Waals surface area contributed by atoms with Crippen LogP contribution in [0.25, 0.3) is 0 Å². The molecule has 0 atom stereocenters. The van der Waals surface area contributed by atoms with Gasteiger partial charge in [-0.1, -0.05) is 0 Å². The lowest BCUT2D eigenvalue weighted by molar-refractivity contribution is 0.0955. The maximum absolute atomic E-state index is 11.3. The maximum atomic E-state index is 11.3. The van der Waals surface area contributed by atoms with Gasteiger partial charge in [-0.15, -0.1) is 0 Å². The van der Waals surface area contributed by atoms with Crippen molar-refractivity contribution in [3.63, 3.8) is 0 Å².